The molecule has 32 heavy (non-hydrogen) atoms. The molecule has 3 aromatic heterocycles. The second-order valence-electron chi connectivity index (χ2n) is 7.88. The van der Waals surface area contributed by atoms with Crippen molar-refractivity contribution in [1.29, 1.82) is 0 Å². The van der Waals surface area contributed by atoms with Crippen molar-refractivity contribution < 1.29 is 0 Å². The number of halogens is 1. The van der Waals surface area contributed by atoms with Gasteiger partial charge in [-0.05, 0) is 30.7 Å². The molecule has 5 aromatic rings. The van der Waals surface area contributed by atoms with Crippen molar-refractivity contribution in [2.24, 2.45) is 14.1 Å². The summed E-state index contributed by atoms with van der Waals surface area (Å²) in [7, 11) is 3.08. The Labute approximate surface area is 187 Å². The fourth-order valence-electron chi connectivity index (χ4n) is 4.15. The molecule has 8 nitrogen and oxygen atoms in total. The largest absolute Gasteiger partial charge is 0.332 e. The van der Waals surface area contributed by atoms with Crippen LogP contribution in [0.15, 0.2) is 64.4 Å². The van der Waals surface area contributed by atoms with Crippen molar-refractivity contribution >= 4 is 33.8 Å². The standard InChI is InChI=1S/C23H21ClN6O2/c1-14(30-13-25-21-19(30)22(31)28(3)23(32)27(21)2)20-26-17-11-16(24)9-10-18(17)29(20)12-15-7-5-4-6-8-15/h4-11,13-14H,12H2,1-3H3/t14-/m0/s1. The van der Waals surface area contributed by atoms with Gasteiger partial charge in [-0.25, -0.2) is 14.8 Å². The number of aromatic nitrogens is 6. The molecule has 0 aliphatic carbocycles. The lowest BCUT2D eigenvalue weighted by Crippen LogP contribution is -2.37. The molecule has 9 heteroatoms. The van der Waals surface area contributed by atoms with Crippen LogP contribution in [0, 0.1) is 0 Å². The van der Waals surface area contributed by atoms with E-state index in [0.717, 1.165) is 27.0 Å². The van der Waals surface area contributed by atoms with Gasteiger partial charge in [-0.15, -0.1) is 0 Å². The Morgan fingerprint density at radius 3 is 2.53 bits per heavy atom. The third kappa shape index (κ3) is 3.06. The van der Waals surface area contributed by atoms with Gasteiger partial charge in [0.05, 0.1) is 23.4 Å². The third-order valence-electron chi connectivity index (χ3n) is 5.89. The van der Waals surface area contributed by atoms with E-state index in [1.165, 1.54) is 11.6 Å². The van der Waals surface area contributed by atoms with Crippen LogP contribution in [-0.4, -0.2) is 28.2 Å². The fraction of sp³-hybridized carbons (Fsp3) is 0.217. The summed E-state index contributed by atoms with van der Waals surface area (Å²) in [5.41, 5.74) is 2.76. The minimum atomic E-state index is -0.411. The van der Waals surface area contributed by atoms with Crippen molar-refractivity contribution in [1.82, 2.24) is 28.2 Å². The minimum absolute atomic E-state index is 0.319. The summed E-state index contributed by atoms with van der Waals surface area (Å²) in [5, 5.41) is 0.609. The number of rotatable bonds is 4. The average molecular weight is 449 g/mol. The topological polar surface area (TPSA) is 79.6 Å². The molecular formula is C23H21ClN6O2. The van der Waals surface area contributed by atoms with E-state index >= 15 is 0 Å². The lowest BCUT2D eigenvalue weighted by atomic mass is 10.2. The van der Waals surface area contributed by atoms with Crippen molar-refractivity contribution in [2.75, 3.05) is 0 Å². The Morgan fingerprint density at radius 1 is 1.03 bits per heavy atom. The normalized spacial score (nSPS) is 12.6. The molecular weight excluding hydrogens is 428 g/mol. The maximum atomic E-state index is 13.0. The highest BCUT2D eigenvalue weighted by molar-refractivity contribution is 6.31. The van der Waals surface area contributed by atoms with Gasteiger partial charge in [0, 0.05) is 25.7 Å². The van der Waals surface area contributed by atoms with Gasteiger partial charge < -0.3 is 9.13 Å². The van der Waals surface area contributed by atoms with E-state index in [0.29, 0.717) is 22.7 Å². The quantitative estimate of drug-likeness (QED) is 0.423. The third-order valence-corrected chi connectivity index (χ3v) is 6.12. The van der Waals surface area contributed by atoms with Gasteiger partial charge in [-0.3, -0.25) is 13.9 Å². The van der Waals surface area contributed by atoms with Crippen LogP contribution >= 0.6 is 11.6 Å². The number of hydrogen-bond acceptors (Lipinski definition) is 4. The summed E-state index contributed by atoms with van der Waals surface area (Å²) in [6.45, 7) is 2.58. The fourth-order valence-corrected chi connectivity index (χ4v) is 4.32. The Bertz CT molecular complexity index is 1590. The van der Waals surface area contributed by atoms with Crippen molar-refractivity contribution in [2.45, 2.75) is 19.5 Å². The molecule has 0 fully saturated rings. The highest BCUT2D eigenvalue weighted by Crippen LogP contribution is 2.28. The molecule has 0 spiro atoms. The van der Waals surface area contributed by atoms with E-state index in [1.807, 2.05) is 43.3 Å². The average Bonchev–Trinajstić information content (AvgIpc) is 3.38. The Balaban J connectivity index is 1.74. The molecule has 0 radical (unpaired) electrons. The highest BCUT2D eigenvalue weighted by atomic mass is 35.5. The van der Waals surface area contributed by atoms with Gasteiger partial charge in [0.25, 0.3) is 5.56 Å². The molecule has 0 bridgehead atoms. The molecule has 0 saturated carbocycles. The molecule has 0 aliphatic rings. The molecule has 0 N–H and O–H groups in total. The summed E-state index contributed by atoms with van der Waals surface area (Å²) < 4.78 is 6.39. The predicted molar refractivity (Wildman–Crippen MR) is 124 cm³/mol. The van der Waals surface area contributed by atoms with Crippen LogP contribution < -0.4 is 11.2 Å². The maximum absolute atomic E-state index is 13.0. The summed E-state index contributed by atoms with van der Waals surface area (Å²) in [6.07, 6.45) is 1.59. The van der Waals surface area contributed by atoms with E-state index in [2.05, 4.69) is 21.7 Å². The van der Waals surface area contributed by atoms with Crippen molar-refractivity contribution in [3.8, 4) is 0 Å². The smallest absolute Gasteiger partial charge is 0.322 e. The monoisotopic (exact) mass is 448 g/mol. The van der Waals surface area contributed by atoms with E-state index in [9.17, 15) is 9.59 Å². The van der Waals surface area contributed by atoms with Gasteiger partial charge in [0.2, 0.25) is 0 Å². The molecule has 162 valence electrons. The number of fused-ring (bicyclic) bond motifs is 2. The van der Waals surface area contributed by atoms with Crippen molar-refractivity contribution in [3.63, 3.8) is 0 Å². The number of aryl methyl sites for hydroxylation is 1. The number of imidazole rings is 2. The van der Waals surface area contributed by atoms with E-state index < -0.39 is 5.69 Å². The van der Waals surface area contributed by atoms with Gasteiger partial charge in [0.15, 0.2) is 11.2 Å². The van der Waals surface area contributed by atoms with Gasteiger partial charge in [0.1, 0.15) is 5.82 Å². The first-order chi connectivity index (χ1) is 15.4. The predicted octanol–water partition coefficient (Wildman–Crippen LogP) is 3.09. The Hall–Kier alpha value is -3.65. The number of nitrogens with zero attached hydrogens (tertiary/aromatic N) is 6. The summed E-state index contributed by atoms with van der Waals surface area (Å²) in [6, 6.07) is 15.4. The number of benzene rings is 2. The SMILES string of the molecule is C[C@@H](c1nc2cc(Cl)ccc2n1Cc1ccccc1)n1cnc2c1c(=O)n(C)c(=O)n2C. The van der Waals surface area contributed by atoms with E-state index in [-0.39, 0.29) is 11.6 Å². The van der Waals surface area contributed by atoms with Crippen LogP contribution in [0.2, 0.25) is 5.02 Å². The Kier molecular flexibility index (Phi) is 4.74. The van der Waals surface area contributed by atoms with Crippen LogP contribution in [-0.2, 0) is 20.6 Å². The summed E-state index contributed by atoms with van der Waals surface area (Å²) >= 11 is 6.23. The molecule has 5 rings (SSSR count). The molecule has 0 aliphatic heterocycles. The molecule has 2 aromatic carbocycles. The van der Waals surface area contributed by atoms with E-state index in [1.54, 1.807) is 17.9 Å². The zero-order valence-electron chi connectivity index (χ0n) is 17.9. The van der Waals surface area contributed by atoms with Crippen LogP contribution in [0.4, 0.5) is 0 Å². The molecule has 3 heterocycles. The van der Waals surface area contributed by atoms with Crippen molar-refractivity contribution in [3.05, 3.63) is 92.1 Å². The maximum Gasteiger partial charge on any atom is 0.332 e. The zero-order chi connectivity index (χ0) is 22.6. The van der Waals surface area contributed by atoms with Crippen LogP contribution in [0.3, 0.4) is 0 Å². The lowest BCUT2D eigenvalue weighted by molar-refractivity contribution is 0.576. The first-order valence-electron chi connectivity index (χ1n) is 10.2. The van der Waals surface area contributed by atoms with Gasteiger partial charge in [-0.1, -0.05) is 41.9 Å². The minimum Gasteiger partial charge on any atom is -0.322 e. The lowest BCUT2D eigenvalue weighted by Gasteiger charge is -2.17. The number of hydrogen-bond donors (Lipinski definition) is 0. The molecule has 0 unspecified atom stereocenters. The molecule has 1 atom stereocenters. The summed E-state index contributed by atoms with van der Waals surface area (Å²) in [5.74, 6) is 0.765. The first-order valence-corrected chi connectivity index (χ1v) is 10.6. The van der Waals surface area contributed by atoms with E-state index in [4.69, 9.17) is 16.6 Å². The summed E-state index contributed by atoms with van der Waals surface area (Å²) in [4.78, 5) is 34.5. The highest BCUT2D eigenvalue weighted by Gasteiger charge is 2.23. The van der Waals surface area contributed by atoms with Gasteiger partial charge >= 0.3 is 5.69 Å². The van der Waals surface area contributed by atoms with Crippen LogP contribution in [0.25, 0.3) is 22.2 Å². The molecule has 0 saturated heterocycles. The van der Waals surface area contributed by atoms with Crippen LogP contribution in [0.1, 0.15) is 24.4 Å². The Morgan fingerprint density at radius 2 is 1.78 bits per heavy atom. The first kappa shape index (κ1) is 20.3. The second kappa shape index (κ2) is 7.49. The van der Waals surface area contributed by atoms with Crippen LogP contribution in [0.5, 0.6) is 0 Å². The zero-order valence-corrected chi connectivity index (χ0v) is 18.6. The second-order valence-corrected chi connectivity index (χ2v) is 8.32. The van der Waals surface area contributed by atoms with Gasteiger partial charge in [-0.2, -0.15) is 0 Å². The molecule has 0 amide bonds.